The Labute approximate surface area is 161 Å². The van der Waals surface area contributed by atoms with Gasteiger partial charge in [0.25, 0.3) is 11.6 Å². The Morgan fingerprint density at radius 3 is 2.73 bits per heavy atom. The van der Waals surface area contributed by atoms with Crippen LogP contribution in [-0.2, 0) is 4.79 Å². The molecule has 1 saturated carbocycles. The zero-order chi connectivity index (χ0) is 18.7. The smallest absolute Gasteiger partial charge is 0.266 e. The van der Waals surface area contributed by atoms with E-state index in [1.165, 1.54) is 56.0 Å². The molecule has 0 bridgehead atoms. The topological polar surface area (TPSA) is 86.5 Å². The van der Waals surface area contributed by atoms with E-state index in [1.807, 2.05) is 0 Å². The highest BCUT2D eigenvalue weighted by molar-refractivity contribution is 8.26. The summed E-state index contributed by atoms with van der Waals surface area (Å²) in [6, 6.07) is 3.81. The van der Waals surface area contributed by atoms with Crippen LogP contribution in [0.3, 0.4) is 0 Å². The number of carbonyl (C=O) groups excluding carboxylic acids is 1. The van der Waals surface area contributed by atoms with Gasteiger partial charge in [0.15, 0.2) is 0 Å². The minimum atomic E-state index is -0.713. The number of amides is 1. The summed E-state index contributed by atoms with van der Waals surface area (Å²) in [6.07, 6.45) is 8.78. The van der Waals surface area contributed by atoms with Gasteiger partial charge in [-0.1, -0.05) is 68.2 Å². The number of benzene rings is 1. The molecule has 0 N–H and O–H groups in total. The lowest BCUT2D eigenvalue weighted by Crippen LogP contribution is -2.30. The summed E-state index contributed by atoms with van der Waals surface area (Å²) in [5.74, 6) is -0.151. The molecule has 0 aromatic heterocycles. The van der Waals surface area contributed by atoms with Gasteiger partial charge in [-0.15, -0.1) is 0 Å². The maximum absolute atomic E-state index is 12.6. The van der Waals surface area contributed by atoms with Gasteiger partial charge in [0.1, 0.15) is 4.32 Å². The molecule has 0 radical (unpaired) electrons. The van der Waals surface area contributed by atoms with E-state index in [0.29, 0.717) is 27.3 Å². The van der Waals surface area contributed by atoms with Crippen molar-refractivity contribution in [2.75, 3.05) is 6.54 Å². The summed E-state index contributed by atoms with van der Waals surface area (Å²) in [5, 5.41) is 22.4. The number of nitro benzene ring substituents is 1. The van der Waals surface area contributed by atoms with Crippen molar-refractivity contribution in [1.82, 2.24) is 4.90 Å². The SMILES string of the molecule is O=C1/C(=C\c2ccc([O-])c([N+](=O)[O-])c2)SC(=S)N1CCC1CCCCC1. The van der Waals surface area contributed by atoms with Gasteiger partial charge in [0.2, 0.25) is 0 Å². The van der Waals surface area contributed by atoms with Gasteiger partial charge in [0, 0.05) is 12.6 Å². The number of thioether (sulfide) groups is 1. The molecule has 1 amide bonds. The Hall–Kier alpha value is -1.93. The number of hydrogen-bond donors (Lipinski definition) is 0. The molecular formula is C18H19N2O4S2-. The Morgan fingerprint density at radius 1 is 1.31 bits per heavy atom. The van der Waals surface area contributed by atoms with Gasteiger partial charge in [-0.3, -0.25) is 19.8 Å². The maximum atomic E-state index is 12.6. The molecule has 0 atom stereocenters. The summed E-state index contributed by atoms with van der Waals surface area (Å²) >= 11 is 6.54. The molecule has 0 spiro atoms. The highest BCUT2D eigenvalue weighted by Gasteiger charge is 2.32. The minimum Gasteiger partial charge on any atom is -0.868 e. The molecule has 8 heteroatoms. The molecule has 138 valence electrons. The first-order chi connectivity index (χ1) is 12.5. The fourth-order valence-corrected chi connectivity index (χ4v) is 4.71. The van der Waals surface area contributed by atoms with Crippen molar-refractivity contribution in [2.24, 2.45) is 5.92 Å². The number of nitrogens with zero attached hydrogens (tertiary/aromatic N) is 2. The fraction of sp³-hybridized carbons (Fsp3) is 0.444. The summed E-state index contributed by atoms with van der Waals surface area (Å²) in [7, 11) is 0. The molecule has 3 rings (SSSR count). The zero-order valence-electron chi connectivity index (χ0n) is 14.2. The minimum absolute atomic E-state index is 0.162. The quantitative estimate of drug-likeness (QED) is 0.328. The average Bonchev–Trinajstić information content (AvgIpc) is 2.89. The number of hydrogen-bond acceptors (Lipinski definition) is 6. The van der Waals surface area contributed by atoms with Crippen molar-refractivity contribution in [2.45, 2.75) is 38.5 Å². The third-order valence-electron chi connectivity index (χ3n) is 4.84. The van der Waals surface area contributed by atoms with Crippen LogP contribution in [0.1, 0.15) is 44.1 Å². The molecule has 1 saturated heterocycles. The Morgan fingerprint density at radius 2 is 2.04 bits per heavy atom. The lowest BCUT2D eigenvalue weighted by Gasteiger charge is -2.23. The second kappa shape index (κ2) is 8.18. The number of thiocarbonyl (C=S) groups is 1. The van der Waals surface area contributed by atoms with Crippen LogP contribution in [0.25, 0.3) is 6.08 Å². The van der Waals surface area contributed by atoms with Gasteiger partial charge in [-0.05, 0) is 29.7 Å². The predicted molar refractivity (Wildman–Crippen MR) is 104 cm³/mol. The van der Waals surface area contributed by atoms with Crippen LogP contribution < -0.4 is 5.11 Å². The van der Waals surface area contributed by atoms with Gasteiger partial charge in [-0.25, -0.2) is 0 Å². The van der Waals surface area contributed by atoms with E-state index in [4.69, 9.17) is 12.2 Å². The normalized spacial score (nSPS) is 20.2. The van der Waals surface area contributed by atoms with Crippen LogP contribution in [0.2, 0.25) is 0 Å². The van der Waals surface area contributed by atoms with Gasteiger partial charge < -0.3 is 5.11 Å². The maximum Gasteiger partial charge on any atom is 0.266 e. The van der Waals surface area contributed by atoms with E-state index < -0.39 is 16.4 Å². The number of rotatable bonds is 5. The summed E-state index contributed by atoms with van der Waals surface area (Å²) in [5.41, 5.74) is -0.0457. The van der Waals surface area contributed by atoms with Crippen molar-refractivity contribution in [3.8, 4) is 5.75 Å². The van der Waals surface area contributed by atoms with E-state index in [9.17, 15) is 20.0 Å². The van der Waals surface area contributed by atoms with Crippen LogP contribution >= 0.6 is 24.0 Å². The van der Waals surface area contributed by atoms with Crippen LogP contribution in [0.5, 0.6) is 5.75 Å². The molecule has 26 heavy (non-hydrogen) atoms. The van der Waals surface area contributed by atoms with Crippen LogP contribution in [0.15, 0.2) is 23.1 Å². The molecule has 1 aliphatic heterocycles. The molecule has 0 unspecified atom stereocenters. The van der Waals surface area contributed by atoms with Crippen LogP contribution in [-0.4, -0.2) is 26.6 Å². The summed E-state index contributed by atoms with van der Waals surface area (Å²) in [6.45, 7) is 0.617. The molecule has 1 aliphatic carbocycles. The van der Waals surface area contributed by atoms with Gasteiger partial charge >= 0.3 is 0 Å². The largest absolute Gasteiger partial charge is 0.868 e. The van der Waals surface area contributed by atoms with Crippen LogP contribution in [0, 0.1) is 16.0 Å². The second-order valence-corrected chi connectivity index (χ2v) is 8.29. The number of carbonyl (C=O) groups is 1. The zero-order valence-corrected chi connectivity index (χ0v) is 15.8. The van der Waals surface area contributed by atoms with Crippen LogP contribution in [0.4, 0.5) is 5.69 Å². The van der Waals surface area contributed by atoms with Crippen molar-refractivity contribution in [3.05, 3.63) is 38.8 Å². The Balaban J connectivity index is 1.70. The van der Waals surface area contributed by atoms with E-state index >= 15 is 0 Å². The van der Waals surface area contributed by atoms with E-state index in [0.717, 1.165) is 12.5 Å². The highest BCUT2D eigenvalue weighted by Crippen LogP contribution is 2.35. The van der Waals surface area contributed by atoms with Crippen molar-refractivity contribution in [1.29, 1.82) is 0 Å². The predicted octanol–water partition coefficient (Wildman–Crippen LogP) is 3.84. The first-order valence-electron chi connectivity index (χ1n) is 8.66. The Bertz CT molecular complexity index is 772. The average molecular weight is 391 g/mol. The van der Waals surface area contributed by atoms with E-state index in [1.54, 1.807) is 11.0 Å². The molecule has 6 nitrogen and oxygen atoms in total. The Kier molecular flexibility index (Phi) is 5.93. The number of nitro groups is 1. The standard InChI is InChI=1S/C18H20N2O4S2/c21-15-7-6-13(10-14(15)20(23)24)11-16-17(22)19(18(25)26-16)9-8-12-4-2-1-3-5-12/h6-7,10-12,21H,1-5,8-9H2/p-1/b16-11+. The first-order valence-corrected chi connectivity index (χ1v) is 9.89. The lowest BCUT2D eigenvalue weighted by atomic mass is 9.87. The molecule has 2 fully saturated rings. The highest BCUT2D eigenvalue weighted by atomic mass is 32.2. The summed E-state index contributed by atoms with van der Waals surface area (Å²) < 4.78 is 0.520. The van der Waals surface area contributed by atoms with Crippen molar-refractivity contribution >= 4 is 46.0 Å². The van der Waals surface area contributed by atoms with Crippen molar-refractivity contribution in [3.63, 3.8) is 0 Å². The van der Waals surface area contributed by atoms with E-state index in [2.05, 4.69) is 0 Å². The second-order valence-electron chi connectivity index (χ2n) is 6.61. The van der Waals surface area contributed by atoms with Gasteiger partial charge in [-0.2, -0.15) is 0 Å². The van der Waals surface area contributed by atoms with E-state index in [-0.39, 0.29) is 5.91 Å². The van der Waals surface area contributed by atoms with Gasteiger partial charge in [0.05, 0.1) is 9.83 Å². The van der Waals surface area contributed by atoms with Crippen molar-refractivity contribution < 1.29 is 14.8 Å². The molecule has 1 aromatic carbocycles. The first kappa shape index (κ1) is 18.8. The third kappa shape index (κ3) is 4.24. The molecule has 2 aliphatic rings. The molecule has 1 aromatic rings. The summed E-state index contributed by atoms with van der Waals surface area (Å²) in [4.78, 5) is 24.9. The monoisotopic (exact) mass is 391 g/mol. The lowest BCUT2D eigenvalue weighted by molar-refractivity contribution is -0.398. The molecular weight excluding hydrogens is 372 g/mol. The fourth-order valence-electron chi connectivity index (χ4n) is 3.40. The third-order valence-corrected chi connectivity index (χ3v) is 6.21. The molecule has 1 heterocycles.